The van der Waals surface area contributed by atoms with Crippen molar-refractivity contribution in [2.75, 3.05) is 7.05 Å². The first kappa shape index (κ1) is 12.3. The van der Waals surface area contributed by atoms with Crippen LogP contribution in [0.25, 0.3) is 10.4 Å². The van der Waals surface area contributed by atoms with Crippen LogP contribution in [0.4, 0.5) is 0 Å². The average molecular weight is 245 g/mol. The second-order valence-electron chi connectivity index (χ2n) is 4.31. The number of aryl methyl sites for hydroxylation is 2. The van der Waals surface area contributed by atoms with Gasteiger partial charge in [-0.25, -0.2) is 0 Å². The van der Waals surface area contributed by atoms with Crippen molar-refractivity contribution in [3.63, 3.8) is 0 Å². The fourth-order valence-corrected chi connectivity index (χ4v) is 3.18. The molecule has 0 aliphatic carbocycles. The summed E-state index contributed by atoms with van der Waals surface area (Å²) in [6, 6.07) is 11.2. The van der Waals surface area contributed by atoms with Crippen molar-refractivity contribution in [2.45, 2.75) is 26.8 Å². The molecule has 1 nitrogen and oxygen atoms in total. The van der Waals surface area contributed by atoms with Crippen LogP contribution < -0.4 is 5.32 Å². The van der Waals surface area contributed by atoms with Gasteiger partial charge in [-0.15, -0.1) is 11.3 Å². The van der Waals surface area contributed by atoms with Crippen LogP contribution in [-0.4, -0.2) is 7.05 Å². The van der Waals surface area contributed by atoms with Crippen LogP contribution in [0.5, 0.6) is 0 Å². The lowest BCUT2D eigenvalue weighted by atomic mass is 10.1. The van der Waals surface area contributed by atoms with Crippen molar-refractivity contribution in [3.8, 4) is 10.4 Å². The molecule has 90 valence electrons. The summed E-state index contributed by atoms with van der Waals surface area (Å²) in [5.41, 5.74) is 4.12. The van der Waals surface area contributed by atoms with E-state index >= 15 is 0 Å². The fourth-order valence-electron chi connectivity index (χ4n) is 1.99. The molecule has 0 aliphatic heterocycles. The zero-order valence-electron chi connectivity index (χ0n) is 10.7. The third kappa shape index (κ3) is 2.76. The molecule has 0 radical (unpaired) electrons. The number of hydrogen-bond donors (Lipinski definition) is 1. The topological polar surface area (TPSA) is 12.0 Å². The van der Waals surface area contributed by atoms with Gasteiger partial charge in [-0.1, -0.05) is 31.2 Å². The smallest absolute Gasteiger partial charge is 0.0375 e. The van der Waals surface area contributed by atoms with E-state index in [1.54, 1.807) is 0 Å². The SMILES string of the molecule is CCc1ccc(-c2sc(CNC)cc2C)cc1. The highest BCUT2D eigenvalue weighted by molar-refractivity contribution is 7.15. The van der Waals surface area contributed by atoms with E-state index in [0.29, 0.717) is 0 Å². The molecule has 0 bridgehead atoms. The number of hydrogen-bond acceptors (Lipinski definition) is 2. The summed E-state index contributed by atoms with van der Waals surface area (Å²) < 4.78 is 0. The van der Waals surface area contributed by atoms with Gasteiger partial charge in [0.25, 0.3) is 0 Å². The van der Waals surface area contributed by atoms with Crippen molar-refractivity contribution in [1.29, 1.82) is 0 Å². The van der Waals surface area contributed by atoms with Crippen LogP contribution in [0.2, 0.25) is 0 Å². The first-order chi connectivity index (χ1) is 8.24. The summed E-state index contributed by atoms with van der Waals surface area (Å²) in [5, 5.41) is 3.20. The van der Waals surface area contributed by atoms with E-state index in [9.17, 15) is 0 Å². The lowest BCUT2D eigenvalue weighted by Crippen LogP contribution is -2.02. The predicted molar refractivity (Wildman–Crippen MR) is 76.6 cm³/mol. The minimum absolute atomic E-state index is 0.957. The predicted octanol–water partition coefficient (Wildman–Crippen LogP) is 4.01. The Hall–Kier alpha value is -1.12. The summed E-state index contributed by atoms with van der Waals surface area (Å²) in [5.74, 6) is 0. The first-order valence-corrected chi connectivity index (χ1v) is 6.89. The summed E-state index contributed by atoms with van der Waals surface area (Å²) in [6.45, 7) is 5.34. The molecule has 1 heterocycles. The lowest BCUT2D eigenvalue weighted by Gasteiger charge is -2.01. The van der Waals surface area contributed by atoms with E-state index in [1.807, 2.05) is 18.4 Å². The van der Waals surface area contributed by atoms with Crippen molar-refractivity contribution in [3.05, 3.63) is 46.3 Å². The molecule has 0 saturated heterocycles. The van der Waals surface area contributed by atoms with Crippen LogP contribution in [0, 0.1) is 6.92 Å². The van der Waals surface area contributed by atoms with E-state index < -0.39 is 0 Å². The van der Waals surface area contributed by atoms with Gasteiger partial charge in [0.15, 0.2) is 0 Å². The largest absolute Gasteiger partial charge is 0.315 e. The lowest BCUT2D eigenvalue weighted by molar-refractivity contribution is 0.831. The van der Waals surface area contributed by atoms with Gasteiger partial charge in [-0.2, -0.15) is 0 Å². The number of nitrogens with one attached hydrogen (secondary N) is 1. The Kier molecular flexibility index (Phi) is 3.97. The van der Waals surface area contributed by atoms with Gasteiger partial charge in [-0.3, -0.25) is 0 Å². The van der Waals surface area contributed by atoms with Crippen molar-refractivity contribution >= 4 is 11.3 Å². The number of thiophene rings is 1. The summed E-state index contributed by atoms with van der Waals surface area (Å²) in [7, 11) is 1.99. The molecule has 0 fully saturated rings. The van der Waals surface area contributed by atoms with Gasteiger partial charge in [0.2, 0.25) is 0 Å². The van der Waals surface area contributed by atoms with Gasteiger partial charge < -0.3 is 5.32 Å². The molecule has 17 heavy (non-hydrogen) atoms. The van der Waals surface area contributed by atoms with E-state index in [0.717, 1.165) is 13.0 Å². The third-order valence-electron chi connectivity index (χ3n) is 2.94. The normalized spacial score (nSPS) is 10.8. The molecule has 2 rings (SSSR count). The quantitative estimate of drug-likeness (QED) is 0.858. The minimum atomic E-state index is 0.957. The highest BCUT2D eigenvalue weighted by Crippen LogP contribution is 2.32. The highest BCUT2D eigenvalue weighted by atomic mass is 32.1. The Balaban J connectivity index is 2.31. The Morgan fingerprint density at radius 3 is 2.47 bits per heavy atom. The van der Waals surface area contributed by atoms with Crippen molar-refractivity contribution < 1.29 is 0 Å². The number of benzene rings is 1. The average Bonchev–Trinajstić information content (AvgIpc) is 2.71. The van der Waals surface area contributed by atoms with Gasteiger partial charge in [0, 0.05) is 16.3 Å². The van der Waals surface area contributed by atoms with Crippen LogP contribution >= 0.6 is 11.3 Å². The van der Waals surface area contributed by atoms with Gasteiger partial charge in [0.05, 0.1) is 0 Å². The van der Waals surface area contributed by atoms with Gasteiger partial charge in [-0.05, 0) is 43.1 Å². The molecule has 2 aromatic rings. The van der Waals surface area contributed by atoms with Gasteiger partial charge >= 0.3 is 0 Å². The summed E-state index contributed by atoms with van der Waals surface area (Å²) in [4.78, 5) is 2.80. The second kappa shape index (κ2) is 5.48. The first-order valence-electron chi connectivity index (χ1n) is 6.07. The molecule has 0 unspecified atom stereocenters. The van der Waals surface area contributed by atoms with Crippen LogP contribution in [0.1, 0.15) is 22.9 Å². The Labute approximate surface area is 108 Å². The summed E-state index contributed by atoms with van der Waals surface area (Å²) in [6.07, 6.45) is 1.11. The maximum absolute atomic E-state index is 3.20. The maximum atomic E-state index is 3.20. The van der Waals surface area contributed by atoms with Crippen LogP contribution in [0.3, 0.4) is 0 Å². The van der Waals surface area contributed by atoms with E-state index in [4.69, 9.17) is 0 Å². The molecule has 0 amide bonds. The molecule has 0 atom stereocenters. The summed E-state index contributed by atoms with van der Waals surface area (Å²) >= 11 is 1.89. The third-order valence-corrected chi connectivity index (χ3v) is 4.23. The Morgan fingerprint density at radius 1 is 1.18 bits per heavy atom. The molecular weight excluding hydrogens is 226 g/mol. The monoisotopic (exact) mass is 245 g/mol. The molecule has 0 spiro atoms. The molecule has 1 aromatic heterocycles. The number of rotatable bonds is 4. The Morgan fingerprint density at radius 2 is 1.88 bits per heavy atom. The minimum Gasteiger partial charge on any atom is -0.315 e. The molecule has 0 saturated carbocycles. The molecule has 0 aliphatic rings. The van der Waals surface area contributed by atoms with Gasteiger partial charge in [0.1, 0.15) is 0 Å². The Bertz CT molecular complexity index is 482. The molecule has 1 N–H and O–H groups in total. The van der Waals surface area contributed by atoms with E-state index in [1.165, 1.54) is 26.4 Å². The highest BCUT2D eigenvalue weighted by Gasteiger charge is 2.07. The molecule has 2 heteroatoms. The van der Waals surface area contributed by atoms with Crippen LogP contribution in [0.15, 0.2) is 30.3 Å². The molecule has 1 aromatic carbocycles. The zero-order valence-corrected chi connectivity index (χ0v) is 11.5. The van der Waals surface area contributed by atoms with Crippen molar-refractivity contribution in [1.82, 2.24) is 5.32 Å². The van der Waals surface area contributed by atoms with Crippen molar-refractivity contribution in [2.24, 2.45) is 0 Å². The maximum Gasteiger partial charge on any atom is 0.0375 e. The van der Waals surface area contributed by atoms with E-state index in [-0.39, 0.29) is 0 Å². The van der Waals surface area contributed by atoms with E-state index in [2.05, 4.69) is 49.5 Å². The standard InChI is InChI=1S/C15H19NS/c1-4-12-5-7-13(8-6-12)15-11(2)9-14(17-15)10-16-3/h5-9,16H,4,10H2,1-3H3. The second-order valence-corrected chi connectivity index (χ2v) is 5.44. The zero-order chi connectivity index (χ0) is 12.3. The molecular formula is C15H19NS. The van der Waals surface area contributed by atoms with Crippen LogP contribution in [-0.2, 0) is 13.0 Å². The fraction of sp³-hybridized carbons (Fsp3) is 0.333.